The number of methoxy groups -OCH3 is 1. The van der Waals surface area contributed by atoms with E-state index in [0.717, 1.165) is 43.5 Å². The van der Waals surface area contributed by atoms with Crippen LogP contribution in [0.15, 0.2) is 29.3 Å². The number of nitrogens with zero attached hydrogens (tertiary/aromatic N) is 1. The van der Waals surface area contributed by atoms with E-state index in [-0.39, 0.29) is 24.0 Å². The van der Waals surface area contributed by atoms with Crippen molar-refractivity contribution in [2.45, 2.75) is 19.8 Å². The second-order valence-corrected chi connectivity index (χ2v) is 5.46. The Hall–Kier alpha value is -0.570. The van der Waals surface area contributed by atoms with Gasteiger partial charge in [-0.2, -0.15) is 0 Å². The fourth-order valence-electron chi connectivity index (χ4n) is 1.92. The first-order valence-electron chi connectivity index (χ1n) is 8.09. The standard InChI is InChI=1S/C17H28ClN3O2.HI/c1-3-19-17(20-10-4-12-23-14-13-22-2)21-11-9-15-5-7-16(18)8-6-15;/h5-8H,3-4,9-14H2,1-2H3,(H2,19,20,21);1H. The second-order valence-electron chi connectivity index (χ2n) is 5.02. The Morgan fingerprint density at radius 3 is 2.54 bits per heavy atom. The third kappa shape index (κ3) is 11.9. The Morgan fingerprint density at radius 1 is 1.12 bits per heavy atom. The summed E-state index contributed by atoms with van der Waals surface area (Å²) in [5.41, 5.74) is 1.25. The topological polar surface area (TPSA) is 54.9 Å². The van der Waals surface area contributed by atoms with Crippen LogP contribution in [0.1, 0.15) is 18.9 Å². The van der Waals surface area contributed by atoms with Gasteiger partial charge in [0, 0.05) is 38.4 Å². The lowest BCUT2D eigenvalue weighted by molar-refractivity contribution is 0.0702. The van der Waals surface area contributed by atoms with E-state index >= 15 is 0 Å². The first-order chi connectivity index (χ1) is 11.3. The highest BCUT2D eigenvalue weighted by molar-refractivity contribution is 14.0. The van der Waals surface area contributed by atoms with Gasteiger partial charge in [-0.25, -0.2) is 0 Å². The maximum Gasteiger partial charge on any atom is 0.191 e. The lowest BCUT2D eigenvalue weighted by atomic mass is 10.1. The summed E-state index contributed by atoms with van der Waals surface area (Å²) < 4.78 is 10.3. The molecule has 1 aromatic carbocycles. The molecule has 0 spiro atoms. The van der Waals surface area contributed by atoms with Gasteiger partial charge in [-0.15, -0.1) is 24.0 Å². The Labute approximate surface area is 167 Å². The van der Waals surface area contributed by atoms with Crippen molar-refractivity contribution in [3.8, 4) is 0 Å². The van der Waals surface area contributed by atoms with Gasteiger partial charge in [0.1, 0.15) is 0 Å². The van der Waals surface area contributed by atoms with Gasteiger partial charge in [0.2, 0.25) is 0 Å². The van der Waals surface area contributed by atoms with Crippen LogP contribution in [0.3, 0.4) is 0 Å². The molecular formula is C17H29ClIN3O2. The lowest BCUT2D eigenvalue weighted by Crippen LogP contribution is -2.38. The minimum Gasteiger partial charge on any atom is -0.382 e. The molecule has 0 saturated carbocycles. The molecule has 0 aliphatic rings. The van der Waals surface area contributed by atoms with E-state index in [2.05, 4.69) is 22.5 Å². The van der Waals surface area contributed by atoms with Crippen molar-refractivity contribution in [1.29, 1.82) is 0 Å². The SMILES string of the molecule is CCNC(=NCCCOCCOC)NCCc1ccc(Cl)cc1.I. The first-order valence-corrected chi connectivity index (χ1v) is 8.47. The molecule has 1 aromatic rings. The fourth-order valence-corrected chi connectivity index (χ4v) is 2.05. The summed E-state index contributed by atoms with van der Waals surface area (Å²) in [5.74, 6) is 0.846. The molecular weight excluding hydrogens is 441 g/mol. The van der Waals surface area contributed by atoms with Crippen LogP contribution in [0.5, 0.6) is 0 Å². The fraction of sp³-hybridized carbons (Fsp3) is 0.588. The zero-order valence-corrected chi connectivity index (χ0v) is 17.6. The zero-order chi connectivity index (χ0) is 16.8. The molecule has 5 nitrogen and oxygen atoms in total. The smallest absolute Gasteiger partial charge is 0.191 e. The van der Waals surface area contributed by atoms with Crippen LogP contribution in [0.25, 0.3) is 0 Å². The lowest BCUT2D eigenvalue weighted by Gasteiger charge is -2.11. The maximum atomic E-state index is 5.89. The van der Waals surface area contributed by atoms with Crippen LogP contribution >= 0.6 is 35.6 Å². The summed E-state index contributed by atoms with van der Waals surface area (Å²) in [6.45, 7) is 6.46. The number of ether oxygens (including phenoxy) is 2. The largest absolute Gasteiger partial charge is 0.382 e. The third-order valence-electron chi connectivity index (χ3n) is 3.11. The Morgan fingerprint density at radius 2 is 1.88 bits per heavy atom. The molecule has 138 valence electrons. The third-order valence-corrected chi connectivity index (χ3v) is 3.36. The highest BCUT2D eigenvalue weighted by Crippen LogP contribution is 2.09. The molecule has 24 heavy (non-hydrogen) atoms. The molecule has 0 radical (unpaired) electrons. The molecule has 2 N–H and O–H groups in total. The van der Waals surface area contributed by atoms with Gasteiger partial charge >= 0.3 is 0 Å². The Bertz CT molecular complexity index is 444. The average Bonchev–Trinajstić information content (AvgIpc) is 2.56. The molecule has 0 unspecified atom stereocenters. The van der Waals surface area contributed by atoms with Crippen molar-refractivity contribution in [1.82, 2.24) is 10.6 Å². The molecule has 0 heterocycles. The summed E-state index contributed by atoms with van der Waals surface area (Å²) in [4.78, 5) is 4.54. The maximum absolute atomic E-state index is 5.89. The van der Waals surface area contributed by atoms with Crippen LogP contribution in [0.2, 0.25) is 5.02 Å². The summed E-state index contributed by atoms with van der Waals surface area (Å²) in [7, 11) is 1.67. The van der Waals surface area contributed by atoms with Crippen LogP contribution in [-0.2, 0) is 15.9 Å². The predicted octanol–water partition coefficient (Wildman–Crippen LogP) is 3.11. The number of benzene rings is 1. The number of rotatable bonds is 11. The van der Waals surface area contributed by atoms with Gasteiger partial charge in [-0.05, 0) is 37.5 Å². The molecule has 0 aliphatic carbocycles. The minimum absolute atomic E-state index is 0. The first kappa shape index (κ1) is 23.4. The monoisotopic (exact) mass is 469 g/mol. The molecule has 0 atom stereocenters. The molecule has 0 fully saturated rings. The van der Waals surface area contributed by atoms with Gasteiger partial charge < -0.3 is 20.1 Å². The number of hydrogen-bond donors (Lipinski definition) is 2. The molecule has 0 bridgehead atoms. The zero-order valence-electron chi connectivity index (χ0n) is 14.5. The molecule has 0 amide bonds. The van der Waals surface area contributed by atoms with Crippen molar-refractivity contribution in [2.75, 3.05) is 46.6 Å². The van der Waals surface area contributed by atoms with Crippen molar-refractivity contribution in [3.05, 3.63) is 34.9 Å². The van der Waals surface area contributed by atoms with Crippen LogP contribution in [0, 0.1) is 0 Å². The van der Waals surface area contributed by atoms with E-state index < -0.39 is 0 Å². The van der Waals surface area contributed by atoms with E-state index in [4.69, 9.17) is 21.1 Å². The minimum atomic E-state index is 0. The van der Waals surface area contributed by atoms with Gasteiger partial charge in [0.15, 0.2) is 5.96 Å². The van der Waals surface area contributed by atoms with E-state index in [1.165, 1.54) is 5.56 Å². The summed E-state index contributed by atoms with van der Waals surface area (Å²) in [6, 6.07) is 7.93. The van der Waals surface area contributed by atoms with E-state index in [9.17, 15) is 0 Å². The summed E-state index contributed by atoms with van der Waals surface area (Å²) >= 11 is 5.89. The number of hydrogen-bond acceptors (Lipinski definition) is 3. The second kappa shape index (κ2) is 15.9. The molecule has 1 rings (SSSR count). The Balaban J connectivity index is 0.00000529. The Kier molecular flexibility index (Phi) is 15.6. The normalized spacial score (nSPS) is 11.0. The van der Waals surface area contributed by atoms with Crippen molar-refractivity contribution in [2.24, 2.45) is 4.99 Å². The van der Waals surface area contributed by atoms with Gasteiger partial charge in [0.25, 0.3) is 0 Å². The van der Waals surface area contributed by atoms with Crippen LogP contribution < -0.4 is 10.6 Å². The van der Waals surface area contributed by atoms with Gasteiger partial charge in [0.05, 0.1) is 13.2 Å². The van der Waals surface area contributed by atoms with Gasteiger partial charge in [-0.1, -0.05) is 23.7 Å². The molecule has 7 heteroatoms. The van der Waals surface area contributed by atoms with Crippen molar-refractivity contribution >= 4 is 41.5 Å². The number of halogens is 2. The van der Waals surface area contributed by atoms with Crippen LogP contribution in [-0.4, -0.2) is 52.5 Å². The van der Waals surface area contributed by atoms with E-state index in [1.807, 2.05) is 24.3 Å². The number of aliphatic imine (C=N–C) groups is 1. The summed E-state index contributed by atoms with van der Waals surface area (Å²) in [5, 5.41) is 7.35. The highest BCUT2D eigenvalue weighted by Gasteiger charge is 1.98. The van der Waals surface area contributed by atoms with E-state index in [0.29, 0.717) is 19.8 Å². The van der Waals surface area contributed by atoms with Crippen molar-refractivity contribution < 1.29 is 9.47 Å². The highest BCUT2D eigenvalue weighted by atomic mass is 127. The predicted molar refractivity (Wildman–Crippen MR) is 112 cm³/mol. The van der Waals surface area contributed by atoms with Gasteiger partial charge in [-0.3, -0.25) is 4.99 Å². The van der Waals surface area contributed by atoms with Crippen LogP contribution in [0.4, 0.5) is 0 Å². The van der Waals surface area contributed by atoms with E-state index in [1.54, 1.807) is 7.11 Å². The quantitative estimate of drug-likeness (QED) is 0.226. The number of nitrogens with one attached hydrogen (secondary N) is 2. The summed E-state index contributed by atoms with van der Waals surface area (Å²) in [6.07, 6.45) is 1.83. The molecule has 0 aromatic heterocycles. The molecule has 0 saturated heterocycles. The van der Waals surface area contributed by atoms with Crippen molar-refractivity contribution in [3.63, 3.8) is 0 Å². The molecule has 0 aliphatic heterocycles. The average molecular weight is 470 g/mol. The number of guanidine groups is 1.